The highest BCUT2D eigenvalue weighted by molar-refractivity contribution is 5.12. The topological polar surface area (TPSA) is 0 Å². The van der Waals surface area contributed by atoms with Crippen molar-refractivity contribution in [2.24, 2.45) is 0 Å². The molecule has 0 aromatic carbocycles. The van der Waals surface area contributed by atoms with Crippen molar-refractivity contribution in [2.75, 3.05) is 0 Å². The first-order valence-corrected chi connectivity index (χ1v) is 4.60. The lowest BCUT2D eigenvalue weighted by Crippen LogP contribution is -1.75. The smallest absolute Gasteiger partial charge is 0.0345 e. The van der Waals surface area contributed by atoms with Gasteiger partial charge in [0.25, 0.3) is 0 Å². The van der Waals surface area contributed by atoms with Crippen molar-refractivity contribution >= 4 is 0 Å². The molecule has 11 heavy (non-hydrogen) atoms. The lowest BCUT2D eigenvalue weighted by atomic mass is 10.1. The summed E-state index contributed by atoms with van der Waals surface area (Å²) in [7, 11) is 0. The van der Waals surface area contributed by atoms with E-state index in [4.69, 9.17) is 0 Å². The summed E-state index contributed by atoms with van der Waals surface area (Å²) in [6, 6.07) is 0. The van der Waals surface area contributed by atoms with Crippen LogP contribution in [0.4, 0.5) is 0 Å². The average Bonchev–Trinajstić information content (AvgIpc) is 2.04. The van der Waals surface area contributed by atoms with Gasteiger partial charge in [-0.2, -0.15) is 0 Å². The van der Waals surface area contributed by atoms with Crippen molar-refractivity contribution in [3.8, 4) is 0 Å². The van der Waals surface area contributed by atoms with E-state index in [1.54, 1.807) is 0 Å². The fourth-order valence-electron chi connectivity index (χ4n) is 0.984. The van der Waals surface area contributed by atoms with Crippen LogP contribution in [0.5, 0.6) is 0 Å². The van der Waals surface area contributed by atoms with E-state index in [9.17, 15) is 0 Å². The van der Waals surface area contributed by atoms with E-state index in [0.717, 1.165) is 0 Å². The Morgan fingerprint density at radius 1 is 1.27 bits per heavy atom. The maximum atomic E-state index is 3.71. The Hall–Kier alpha value is -0.520. The maximum Gasteiger partial charge on any atom is -0.0345 e. The Labute approximate surface area is 71.0 Å². The maximum absolute atomic E-state index is 3.71. The Kier molecular flexibility index (Phi) is 7.23. The van der Waals surface area contributed by atoms with Crippen LogP contribution in [-0.2, 0) is 0 Å². The molecular formula is C11H20. The molecule has 0 bridgehead atoms. The summed E-state index contributed by atoms with van der Waals surface area (Å²) in [5, 5.41) is 0. The molecule has 0 N–H and O–H groups in total. The molecule has 0 heterocycles. The third kappa shape index (κ3) is 7.38. The summed E-state index contributed by atoms with van der Waals surface area (Å²) < 4.78 is 0. The normalized spacial score (nSPS) is 11.6. The number of hydrogen-bond donors (Lipinski definition) is 0. The number of rotatable bonds is 6. The zero-order valence-electron chi connectivity index (χ0n) is 7.90. The standard InChI is InChI=1S/C11H20/c1-4-6-7-8-9-10-11(3)5-2/h5,10H,2,4,6-9H2,1,3H3/b11-10-. The summed E-state index contributed by atoms with van der Waals surface area (Å²) in [4.78, 5) is 0. The van der Waals surface area contributed by atoms with Crippen molar-refractivity contribution in [3.05, 3.63) is 24.3 Å². The number of allylic oxidation sites excluding steroid dienone is 3. The minimum atomic E-state index is 1.22. The van der Waals surface area contributed by atoms with Crippen molar-refractivity contribution in [3.63, 3.8) is 0 Å². The predicted octanol–water partition coefficient (Wildman–Crippen LogP) is 4.09. The molecule has 0 aliphatic carbocycles. The molecule has 0 saturated heterocycles. The van der Waals surface area contributed by atoms with E-state index in [0.29, 0.717) is 0 Å². The third-order valence-electron chi connectivity index (χ3n) is 1.85. The van der Waals surface area contributed by atoms with Crippen LogP contribution in [0.3, 0.4) is 0 Å². The average molecular weight is 152 g/mol. The van der Waals surface area contributed by atoms with E-state index >= 15 is 0 Å². The third-order valence-corrected chi connectivity index (χ3v) is 1.85. The molecule has 0 aliphatic heterocycles. The van der Waals surface area contributed by atoms with Gasteiger partial charge in [-0.25, -0.2) is 0 Å². The highest BCUT2D eigenvalue weighted by atomic mass is 13.9. The molecule has 0 nitrogen and oxygen atoms in total. The van der Waals surface area contributed by atoms with Gasteiger partial charge in [0.15, 0.2) is 0 Å². The highest BCUT2D eigenvalue weighted by Gasteiger charge is 1.85. The van der Waals surface area contributed by atoms with Gasteiger partial charge in [0, 0.05) is 0 Å². The van der Waals surface area contributed by atoms with Gasteiger partial charge in [-0.3, -0.25) is 0 Å². The van der Waals surface area contributed by atoms with Crippen LogP contribution in [0.1, 0.15) is 46.0 Å². The first-order chi connectivity index (χ1) is 5.31. The summed E-state index contributed by atoms with van der Waals surface area (Å²) in [5.41, 5.74) is 1.31. The summed E-state index contributed by atoms with van der Waals surface area (Å²) in [6.45, 7) is 8.05. The summed E-state index contributed by atoms with van der Waals surface area (Å²) in [6.07, 6.45) is 10.8. The second-order valence-corrected chi connectivity index (χ2v) is 3.00. The van der Waals surface area contributed by atoms with Gasteiger partial charge in [-0.1, -0.05) is 50.5 Å². The summed E-state index contributed by atoms with van der Waals surface area (Å²) in [5.74, 6) is 0. The Bertz CT molecular complexity index is 120. The molecular weight excluding hydrogens is 132 g/mol. The Balaban J connectivity index is 3.19. The monoisotopic (exact) mass is 152 g/mol. The molecule has 0 spiro atoms. The van der Waals surface area contributed by atoms with Crippen LogP contribution < -0.4 is 0 Å². The molecule has 0 fully saturated rings. The SMILES string of the molecule is C=C/C(C)=C\CCCCCC. The van der Waals surface area contributed by atoms with Crippen molar-refractivity contribution in [1.29, 1.82) is 0 Å². The molecule has 0 heteroatoms. The Morgan fingerprint density at radius 3 is 2.55 bits per heavy atom. The second-order valence-electron chi connectivity index (χ2n) is 3.00. The largest absolute Gasteiger partial charge is 0.0988 e. The zero-order valence-corrected chi connectivity index (χ0v) is 7.90. The summed E-state index contributed by atoms with van der Waals surface area (Å²) >= 11 is 0. The predicted molar refractivity (Wildman–Crippen MR) is 52.7 cm³/mol. The molecule has 0 radical (unpaired) electrons. The van der Waals surface area contributed by atoms with Gasteiger partial charge in [0.05, 0.1) is 0 Å². The van der Waals surface area contributed by atoms with Crippen LogP contribution >= 0.6 is 0 Å². The first-order valence-electron chi connectivity index (χ1n) is 4.60. The van der Waals surface area contributed by atoms with Gasteiger partial charge < -0.3 is 0 Å². The minimum Gasteiger partial charge on any atom is -0.0988 e. The first kappa shape index (κ1) is 10.5. The van der Waals surface area contributed by atoms with Crippen LogP contribution in [0, 0.1) is 0 Å². The van der Waals surface area contributed by atoms with E-state index in [-0.39, 0.29) is 0 Å². The van der Waals surface area contributed by atoms with E-state index in [2.05, 4.69) is 26.5 Å². The molecule has 0 atom stereocenters. The molecule has 64 valence electrons. The molecule has 0 amide bonds. The minimum absolute atomic E-state index is 1.22. The Morgan fingerprint density at radius 2 is 2.00 bits per heavy atom. The number of hydrogen-bond acceptors (Lipinski definition) is 0. The van der Waals surface area contributed by atoms with Gasteiger partial charge >= 0.3 is 0 Å². The molecule has 0 aliphatic rings. The molecule has 0 aromatic rings. The molecule has 0 rings (SSSR count). The highest BCUT2D eigenvalue weighted by Crippen LogP contribution is 2.05. The molecule has 0 unspecified atom stereocenters. The van der Waals surface area contributed by atoms with Crippen LogP contribution in [-0.4, -0.2) is 0 Å². The number of unbranched alkanes of at least 4 members (excludes halogenated alkanes) is 4. The fraction of sp³-hybridized carbons (Fsp3) is 0.636. The van der Waals surface area contributed by atoms with Crippen molar-refractivity contribution in [2.45, 2.75) is 46.0 Å². The van der Waals surface area contributed by atoms with Crippen LogP contribution in [0.2, 0.25) is 0 Å². The van der Waals surface area contributed by atoms with Gasteiger partial charge in [-0.15, -0.1) is 0 Å². The molecule has 0 saturated carbocycles. The van der Waals surface area contributed by atoms with Crippen molar-refractivity contribution < 1.29 is 0 Å². The van der Waals surface area contributed by atoms with Gasteiger partial charge in [0.1, 0.15) is 0 Å². The van der Waals surface area contributed by atoms with Gasteiger partial charge in [-0.05, 0) is 19.8 Å². The van der Waals surface area contributed by atoms with Gasteiger partial charge in [0.2, 0.25) is 0 Å². The molecule has 0 aromatic heterocycles. The quantitative estimate of drug-likeness (QED) is 0.397. The lowest BCUT2D eigenvalue weighted by molar-refractivity contribution is 0.674. The zero-order chi connectivity index (χ0) is 8.53. The van der Waals surface area contributed by atoms with Crippen LogP contribution in [0.25, 0.3) is 0 Å². The lowest BCUT2D eigenvalue weighted by Gasteiger charge is -1.95. The van der Waals surface area contributed by atoms with Crippen molar-refractivity contribution in [1.82, 2.24) is 0 Å². The van der Waals surface area contributed by atoms with E-state index < -0.39 is 0 Å². The second kappa shape index (κ2) is 7.59. The fourth-order valence-corrected chi connectivity index (χ4v) is 0.984. The van der Waals surface area contributed by atoms with Crippen LogP contribution in [0.15, 0.2) is 24.3 Å². The van der Waals surface area contributed by atoms with E-state index in [1.807, 2.05) is 6.08 Å². The van der Waals surface area contributed by atoms with E-state index in [1.165, 1.54) is 37.7 Å².